The zero-order valence-corrected chi connectivity index (χ0v) is 9.16. The molecule has 0 aliphatic carbocycles. The predicted octanol–water partition coefficient (Wildman–Crippen LogP) is 0.888. The standard InChI is InChI=1S/C11H15N2S/c1-9-2-4-10(5-3-9)11(8-13-14)6-12-7-11/h2-5,12-13H,6-8H2,1H3/q-1. The van der Waals surface area contributed by atoms with E-state index >= 15 is 0 Å². The fourth-order valence-corrected chi connectivity index (χ4v) is 2.18. The highest BCUT2D eigenvalue weighted by atomic mass is 32.1. The predicted molar refractivity (Wildman–Crippen MR) is 61.1 cm³/mol. The lowest BCUT2D eigenvalue weighted by Crippen LogP contribution is -2.61. The maximum Gasteiger partial charge on any atom is 0.0310 e. The molecule has 0 bridgehead atoms. The molecular formula is C11H15N2S-. The molecule has 2 nitrogen and oxygen atoms in total. The van der Waals surface area contributed by atoms with Crippen LogP contribution in [-0.4, -0.2) is 19.6 Å². The molecule has 1 heterocycles. The van der Waals surface area contributed by atoms with Crippen molar-refractivity contribution in [2.45, 2.75) is 12.3 Å². The molecule has 14 heavy (non-hydrogen) atoms. The Morgan fingerprint density at radius 2 is 2.00 bits per heavy atom. The lowest BCUT2D eigenvalue weighted by atomic mass is 9.75. The van der Waals surface area contributed by atoms with Gasteiger partial charge in [0, 0.05) is 18.5 Å². The second-order valence-corrected chi connectivity index (χ2v) is 4.36. The molecule has 0 saturated carbocycles. The van der Waals surface area contributed by atoms with Crippen molar-refractivity contribution in [2.24, 2.45) is 0 Å². The van der Waals surface area contributed by atoms with Gasteiger partial charge in [-0.25, -0.2) is 0 Å². The highest BCUT2D eigenvalue weighted by Crippen LogP contribution is 2.27. The first kappa shape index (κ1) is 10.0. The van der Waals surface area contributed by atoms with Crippen molar-refractivity contribution >= 4 is 12.8 Å². The van der Waals surface area contributed by atoms with E-state index in [0.717, 1.165) is 19.6 Å². The largest absolute Gasteiger partial charge is 0.705 e. The fourth-order valence-electron chi connectivity index (χ4n) is 1.90. The molecule has 0 aromatic heterocycles. The van der Waals surface area contributed by atoms with Crippen LogP contribution in [-0.2, 0) is 18.2 Å². The third kappa shape index (κ3) is 1.67. The normalized spacial score (nSPS) is 19.0. The van der Waals surface area contributed by atoms with Crippen molar-refractivity contribution in [1.29, 1.82) is 0 Å². The van der Waals surface area contributed by atoms with Gasteiger partial charge in [-0.3, -0.25) is 0 Å². The summed E-state index contributed by atoms with van der Waals surface area (Å²) in [6.07, 6.45) is 0. The Morgan fingerprint density at radius 1 is 1.36 bits per heavy atom. The third-order valence-electron chi connectivity index (χ3n) is 3.00. The molecule has 0 radical (unpaired) electrons. The molecule has 0 spiro atoms. The summed E-state index contributed by atoms with van der Waals surface area (Å²) in [6.45, 7) is 5.04. The van der Waals surface area contributed by atoms with Crippen molar-refractivity contribution in [1.82, 2.24) is 10.0 Å². The number of aryl methyl sites for hydroxylation is 1. The minimum Gasteiger partial charge on any atom is -0.705 e. The van der Waals surface area contributed by atoms with E-state index in [2.05, 4.69) is 41.2 Å². The first-order chi connectivity index (χ1) is 6.77. The molecule has 1 fully saturated rings. The number of benzene rings is 1. The van der Waals surface area contributed by atoms with Gasteiger partial charge in [-0.1, -0.05) is 29.8 Å². The van der Waals surface area contributed by atoms with Gasteiger partial charge >= 0.3 is 0 Å². The summed E-state index contributed by atoms with van der Waals surface area (Å²) >= 11 is 4.85. The molecule has 1 aromatic carbocycles. The van der Waals surface area contributed by atoms with Gasteiger partial charge in [-0.15, -0.1) is 0 Å². The second kappa shape index (κ2) is 3.93. The summed E-state index contributed by atoms with van der Waals surface area (Å²) in [6, 6.07) is 8.75. The average molecular weight is 207 g/mol. The Morgan fingerprint density at radius 3 is 2.43 bits per heavy atom. The van der Waals surface area contributed by atoms with Gasteiger partial charge in [-0.05, 0) is 19.0 Å². The van der Waals surface area contributed by atoms with Gasteiger partial charge in [-0.2, -0.15) is 0 Å². The SMILES string of the molecule is Cc1ccc(C2(CN[S-])CNC2)cc1. The van der Waals surface area contributed by atoms with Crippen LogP contribution in [0, 0.1) is 6.92 Å². The van der Waals surface area contributed by atoms with Gasteiger partial charge in [0.15, 0.2) is 0 Å². The molecule has 1 aliphatic heterocycles. The van der Waals surface area contributed by atoms with Crippen molar-refractivity contribution in [3.63, 3.8) is 0 Å². The minimum absolute atomic E-state index is 0.232. The summed E-state index contributed by atoms with van der Waals surface area (Å²) in [4.78, 5) is 0. The van der Waals surface area contributed by atoms with Crippen molar-refractivity contribution in [2.75, 3.05) is 19.6 Å². The average Bonchev–Trinajstić information content (AvgIpc) is 2.13. The van der Waals surface area contributed by atoms with Crippen LogP contribution in [0.15, 0.2) is 24.3 Å². The highest BCUT2D eigenvalue weighted by Gasteiger charge is 2.36. The number of hydrogen-bond donors (Lipinski definition) is 2. The molecule has 2 rings (SSSR count). The topological polar surface area (TPSA) is 24.1 Å². The van der Waals surface area contributed by atoms with E-state index < -0.39 is 0 Å². The summed E-state index contributed by atoms with van der Waals surface area (Å²) in [5, 5.41) is 3.31. The molecule has 1 saturated heterocycles. The van der Waals surface area contributed by atoms with Crippen LogP contribution < -0.4 is 10.0 Å². The smallest absolute Gasteiger partial charge is 0.0310 e. The van der Waals surface area contributed by atoms with E-state index in [1.807, 2.05) is 0 Å². The van der Waals surface area contributed by atoms with Gasteiger partial charge in [0.25, 0.3) is 0 Å². The van der Waals surface area contributed by atoms with Crippen molar-refractivity contribution in [3.8, 4) is 0 Å². The van der Waals surface area contributed by atoms with Gasteiger partial charge < -0.3 is 22.9 Å². The highest BCUT2D eigenvalue weighted by molar-refractivity contribution is 7.56. The Bertz CT molecular complexity index is 304. The van der Waals surface area contributed by atoms with E-state index in [0.29, 0.717) is 0 Å². The van der Waals surface area contributed by atoms with Crippen LogP contribution in [0.3, 0.4) is 0 Å². The molecule has 0 unspecified atom stereocenters. The molecule has 1 aromatic rings. The molecule has 0 amide bonds. The minimum atomic E-state index is 0.232. The molecule has 3 heteroatoms. The maximum atomic E-state index is 4.85. The lowest BCUT2D eigenvalue weighted by Gasteiger charge is -2.44. The third-order valence-corrected chi connectivity index (χ3v) is 3.15. The Balaban J connectivity index is 2.23. The first-order valence-corrected chi connectivity index (χ1v) is 5.31. The summed E-state index contributed by atoms with van der Waals surface area (Å²) in [5.74, 6) is 0. The summed E-state index contributed by atoms with van der Waals surface area (Å²) in [7, 11) is 0. The maximum absolute atomic E-state index is 4.85. The summed E-state index contributed by atoms with van der Waals surface area (Å²) < 4.78 is 2.87. The van der Waals surface area contributed by atoms with E-state index in [1.165, 1.54) is 11.1 Å². The zero-order chi connectivity index (χ0) is 10.0. The molecule has 2 N–H and O–H groups in total. The van der Waals surface area contributed by atoms with Crippen LogP contribution in [0.2, 0.25) is 0 Å². The Kier molecular flexibility index (Phi) is 2.81. The van der Waals surface area contributed by atoms with Gasteiger partial charge in [0.05, 0.1) is 0 Å². The van der Waals surface area contributed by atoms with Crippen LogP contribution in [0.1, 0.15) is 11.1 Å². The van der Waals surface area contributed by atoms with Gasteiger partial charge in [0.1, 0.15) is 0 Å². The molecule has 76 valence electrons. The molecule has 1 aliphatic rings. The van der Waals surface area contributed by atoms with Crippen LogP contribution in [0.5, 0.6) is 0 Å². The molecular weight excluding hydrogens is 192 g/mol. The van der Waals surface area contributed by atoms with Crippen LogP contribution in [0.25, 0.3) is 0 Å². The number of hydrogen-bond acceptors (Lipinski definition) is 3. The summed E-state index contributed by atoms with van der Waals surface area (Å²) in [5.41, 5.74) is 2.93. The van der Waals surface area contributed by atoms with Crippen molar-refractivity contribution in [3.05, 3.63) is 35.4 Å². The Labute approximate surface area is 90.6 Å². The number of rotatable bonds is 3. The van der Waals surface area contributed by atoms with Crippen molar-refractivity contribution < 1.29 is 0 Å². The van der Waals surface area contributed by atoms with Crippen LogP contribution >= 0.6 is 0 Å². The van der Waals surface area contributed by atoms with Crippen LogP contribution in [0.4, 0.5) is 0 Å². The number of nitrogens with one attached hydrogen (secondary N) is 2. The lowest BCUT2D eigenvalue weighted by molar-refractivity contribution is 0.280. The van der Waals surface area contributed by atoms with E-state index in [-0.39, 0.29) is 5.41 Å². The monoisotopic (exact) mass is 207 g/mol. The quantitative estimate of drug-likeness (QED) is 0.720. The fraction of sp³-hybridized carbons (Fsp3) is 0.455. The molecule has 0 atom stereocenters. The van der Waals surface area contributed by atoms with E-state index in [1.54, 1.807) is 0 Å². The van der Waals surface area contributed by atoms with E-state index in [4.69, 9.17) is 12.8 Å². The zero-order valence-electron chi connectivity index (χ0n) is 8.34. The van der Waals surface area contributed by atoms with E-state index in [9.17, 15) is 0 Å². The van der Waals surface area contributed by atoms with Gasteiger partial charge in [0.2, 0.25) is 0 Å². The second-order valence-electron chi connectivity index (χ2n) is 4.07. The first-order valence-electron chi connectivity index (χ1n) is 4.90. The Hall–Kier alpha value is -0.510.